The number of fused-ring (bicyclic) bond motifs is 1. The van der Waals surface area contributed by atoms with Gasteiger partial charge in [0.15, 0.2) is 0 Å². The number of anilines is 1. The van der Waals surface area contributed by atoms with Gasteiger partial charge in [0.1, 0.15) is 5.82 Å². The molecule has 1 aliphatic heterocycles. The van der Waals surface area contributed by atoms with Gasteiger partial charge in [-0.2, -0.15) is 5.10 Å². The summed E-state index contributed by atoms with van der Waals surface area (Å²) in [5, 5.41) is 10.1. The summed E-state index contributed by atoms with van der Waals surface area (Å²) in [6, 6.07) is 13.1. The van der Waals surface area contributed by atoms with Crippen LogP contribution in [0.25, 0.3) is 16.9 Å². The maximum atomic E-state index is 6.34. The first-order valence-corrected chi connectivity index (χ1v) is 8.34. The second kappa shape index (κ2) is 5.75. The van der Waals surface area contributed by atoms with Crippen LogP contribution in [0.1, 0.15) is 5.56 Å². The van der Waals surface area contributed by atoms with Gasteiger partial charge in [0.25, 0.3) is 0 Å². The lowest BCUT2D eigenvalue weighted by molar-refractivity contribution is 0.883. The molecule has 0 bridgehead atoms. The van der Waals surface area contributed by atoms with E-state index in [-0.39, 0.29) is 0 Å². The van der Waals surface area contributed by atoms with Gasteiger partial charge in [-0.15, -0.1) is 0 Å². The van der Waals surface area contributed by atoms with Crippen molar-refractivity contribution in [2.75, 3.05) is 11.9 Å². The van der Waals surface area contributed by atoms with E-state index in [0.29, 0.717) is 15.1 Å². The van der Waals surface area contributed by atoms with E-state index in [9.17, 15) is 0 Å². The lowest BCUT2D eigenvalue weighted by Gasteiger charge is -2.08. The van der Waals surface area contributed by atoms with Crippen LogP contribution in [0, 0.1) is 0 Å². The van der Waals surface area contributed by atoms with E-state index in [0.717, 1.165) is 35.7 Å². The van der Waals surface area contributed by atoms with Gasteiger partial charge in [-0.3, -0.25) is 0 Å². The normalized spacial score (nSPS) is 13.0. The summed E-state index contributed by atoms with van der Waals surface area (Å²) in [7, 11) is 0. The van der Waals surface area contributed by atoms with Crippen molar-refractivity contribution in [1.82, 2.24) is 9.78 Å². The minimum Gasteiger partial charge on any atom is -0.369 e. The van der Waals surface area contributed by atoms with E-state index >= 15 is 0 Å². The number of nitrogens with zero attached hydrogens (tertiary/aromatic N) is 2. The molecule has 116 valence electrons. The first kappa shape index (κ1) is 14.9. The molecule has 6 heteroatoms. The Bertz CT molecular complexity index is 902. The summed E-state index contributed by atoms with van der Waals surface area (Å²) in [6.45, 7) is 0.874. The summed E-state index contributed by atoms with van der Waals surface area (Å²) < 4.78 is 1.83. The van der Waals surface area contributed by atoms with Gasteiger partial charge < -0.3 is 5.32 Å². The van der Waals surface area contributed by atoms with Crippen LogP contribution in [0.15, 0.2) is 42.5 Å². The lowest BCUT2D eigenvalue weighted by atomic mass is 10.1. The van der Waals surface area contributed by atoms with E-state index in [4.69, 9.17) is 39.9 Å². The molecule has 0 fully saturated rings. The molecule has 3 aromatic rings. The molecular weight excluding hydrogens is 353 g/mol. The summed E-state index contributed by atoms with van der Waals surface area (Å²) in [5.41, 5.74) is 3.85. The van der Waals surface area contributed by atoms with Crippen molar-refractivity contribution in [2.24, 2.45) is 0 Å². The fraction of sp³-hybridized carbons (Fsp3) is 0.118. The molecule has 1 aromatic heterocycles. The van der Waals surface area contributed by atoms with Gasteiger partial charge in [0.2, 0.25) is 0 Å². The van der Waals surface area contributed by atoms with Crippen LogP contribution in [0.4, 0.5) is 5.82 Å². The van der Waals surface area contributed by atoms with Crippen LogP contribution in [0.2, 0.25) is 15.1 Å². The molecule has 0 spiro atoms. The zero-order valence-corrected chi connectivity index (χ0v) is 14.3. The maximum absolute atomic E-state index is 6.34. The highest BCUT2D eigenvalue weighted by atomic mass is 35.5. The highest BCUT2D eigenvalue weighted by molar-refractivity contribution is 6.34. The summed E-state index contributed by atoms with van der Waals surface area (Å²) in [4.78, 5) is 0. The topological polar surface area (TPSA) is 29.9 Å². The Hall–Kier alpha value is -1.68. The molecule has 2 heterocycles. The number of benzene rings is 2. The number of aromatic nitrogens is 2. The summed E-state index contributed by atoms with van der Waals surface area (Å²) in [5.74, 6) is 0.962. The fourth-order valence-electron chi connectivity index (χ4n) is 2.86. The van der Waals surface area contributed by atoms with E-state index < -0.39 is 0 Å². The Labute approximate surface area is 148 Å². The first-order valence-electron chi connectivity index (χ1n) is 7.20. The quantitative estimate of drug-likeness (QED) is 0.653. The van der Waals surface area contributed by atoms with Crippen LogP contribution < -0.4 is 5.32 Å². The highest BCUT2D eigenvalue weighted by Gasteiger charge is 2.24. The second-order valence-electron chi connectivity index (χ2n) is 5.37. The van der Waals surface area contributed by atoms with Gasteiger partial charge >= 0.3 is 0 Å². The zero-order valence-electron chi connectivity index (χ0n) is 12.0. The average molecular weight is 365 g/mol. The molecule has 0 atom stereocenters. The van der Waals surface area contributed by atoms with Crippen molar-refractivity contribution < 1.29 is 0 Å². The van der Waals surface area contributed by atoms with Crippen molar-refractivity contribution in [2.45, 2.75) is 6.42 Å². The Balaban J connectivity index is 1.93. The molecule has 0 saturated carbocycles. The second-order valence-corrected chi connectivity index (χ2v) is 6.65. The minimum absolute atomic E-state index is 0.603. The predicted octanol–water partition coefficient (Wildman–Crippen LogP) is 5.47. The first-order chi connectivity index (χ1) is 11.1. The van der Waals surface area contributed by atoms with Crippen molar-refractivity contribution in [3.05, 3.63) is 63.1 Å². The van der Waals surface area contributed by atoms with Gasteiger partial charge in [0.05, 0.1) is 16.4 Å². The summed E-state index contributed by atoms with van der Waals surface area (Å²) >= 11 is 18.6. The lowest BCUT2D eigenvalue weighted by Crippen LogP contribution is -2.04. The SMILES string of the molecule is Clc1cccc(-c2nn(-c3cc(Cl)ccc3Cl)c3c2CCN3)c1. The molecule has 0 aliphatic carbocycles. The van der Waals surface area contributed by atoms with Crippen molar-refractivity contribution in [3.8, 4) is 16.9 Å². The molecule has 4 rings (SSSR count). The zero-order chi connectivity index (χ0) is 16.0. The molecular formula is C17H12Cl3N3. The van der Waals surface area contributed by atoms with Crippen molar-refractivity contribution in [1.29, 1.82) is 0 Å². The molecule has 3 nitrogen and oxygen atoms in total. The van der Waals surface area contributed by atoms with Crippen molar-refractivity contribution >= 4 is 40.6 Å². The van der Waals surface area contributed by atoms with Crippen molar-refractivity contribution in [3.63, 3.8) is 0 Å². The molecule has 1 aliphatic rings. The molecule has 0 radical (unpaired) electrons. The fourth-order valence-corrected chi connectivity index (χ4v) is 3.42. The molecule has 23 heavy (non-hydrogen) atoms. The molecule has 0 saturated heterocycles. The number of nitrogens with one attached hydrogen (secondary N) is 1. The third-order valence-corrected chi connectivity index (χ3v) is 4.68. The van der Waals surface area contributed by atoms with E-state index in [1.54, 1.807) is 12.1 Å². The Kier molecular flexibility index (Phi) is 3.72. The monoisotopic (exact) mass is 363 g/mol. The van der Waals surface area contributed by atoms with Crippen LogP contribution in [0.3, 0.4) is 0 Å². The standard InChI is InChI=1S/C17H12Cl3N3/c18-11-3-1-2-10(8-11)16-13-6-7-21-17(13)23(22-16)15-9-12(19)4-5-14(15)20/h1-5,8-9,21H,6-7H2. The Morgan fingerprint density at radius 1 is 1.00 bits per heavy atom. The Morgan fingerprint density at radius 3 is 2.65 bits per heavy atom. The molecule has 1 N–H and O–H groups in total. The van der Waals surface area contributed by atoms with Gasteiger partial charge in [-0.1, -0.05) is 46.9 Å². The van der Waals surface area contributed by atoms with Gasteiger partial charge in [-0.25, -0.2) is 4.68 Å². The minimum atomic E-state index is 0.603. The number of rotatable bonds is 2. The smallest absolute Gasteiger partial charge is 0.133 e. The van der Waals surface area contributed by atoms with Crippen LogP contribution >= 0.6 is 34.8 Å². The maximum Gasteiger partial charge on any atom is 0.133 e. The summed E-state index contributed by atoms with van der Waals surface area (Å²) in [6.07, 6.45) is 0.912. The van der Waals surface area contributed by atoms with Gasteiger partial charge in [0, 0.05) is 27.7 Å². The molecule has 0 amide bonds. The Morgan fingerprint density at radius 2 is 1.83 bits per heavy atom. The van der Waals surface area contributed by atoms with Crippen LogP contribution in [-0.2, 0) is 6.42 Å². The third kappa shape index (κ3) is 2.59. The van der Waals surface area contributed by atoms with E-state index in [2.05, 4.69) is 5.32 Å². The van der Waals surface area contributed by atoms with E-state index in [1.165, 1.54) is 5.56 Å². The largest absolute Gasteiger partial charge is 0.369 e. The van der Waals surface area contributed by atoms with Crippen LogP contribution in [-0.4, -0.2) is 16.3 Å². The van der Waals surface area contributed by atoms with Gasteiger partial charge in [-0.05, 0) is 36.8 Å². The molecule has 2 aromatic carbocycles. The highest BCUT2D eigenvalue weighted by Crippen LogP contribution is 2.37. The third-order valence-electron chi connectivity index (χ3n) is 3.89. The predicted molar refractivity (Wildman–Crippen MR) is 96.2 cm³/mol. The molecule has 0 unspecified atom stereocenters. The van der Waals surface area contributed by atoms with Crippen LogP contribution in [0.5, 0.6) is 0 Å². The number of halogens is 3. The average Bonchev–Trinajstić information content (AvgIpc) is 3.12. The number of hydrogen-bond donors (Lipinski definition) is 1. The van der Waals surface area contributed by atoms with E-state index in [1.807, 2.05) is 35.0 Å². The number of hydrogen-bond acceptors (Lipinski definition) is 2.